The minimum Gasteiger partial charge on any atom is -0.497 e. The molecule has 8 heteroatoms. The summed E-state index contributed by atoms with van der Waals surface area (Å²) in [6, 6.07) is 26.0. The molecule has 4 aromatic rings. The van der Waals surface area contributed by atoms with E-state index in [9.17, 15) is 9.59 Å². The minimum absolute atomic E-state index is 0.191. The van der Waals surface area contributed by atoms with Gasteiger partial charge in [0, 0.05) is 17.8 Å². The molecule has 37 heavy (non-hydrogen) atoms. The van der Waals surface area contributed by atoms with Crippen molar-refractivity contribution in [2.24, 2.45) is 0 Å². The van der Waals surface area contributed by atoms with E-state index in [1.54, 1.807) is 61.1 Å². The zero-order valence-electron chi connectivity index (χ0n) is 21.0. The lowest BCUT2D eigenvalue weighted by atomic mass is 9.93. The average Bonchev–Trinajstić information content (AvgIpc) is 3.36. The Kier molecular flexibility index (Phi) is 6.40. The molecule has 0 aliphatic carbocycles. The van der Waals surface area contributed by atoms with Crippen LogP contribution in [-0.2, 0) is 17.9 Å². The standard InChI is InChI=1S/C29H28N4O4/c1-29(28(35)30-18-20-7-5-4-6-8-20)19-32-26(17-25(31-32)21-9-13-23(36-2)14-10-21)27(34)33(29)22-11-15-24(37-3)16-12-22/h4-17H,18-19H2,1-3H3,(H,30,35). The third-order valence-corrected chi connectivity index (χ3v) is 6.65. The van der Waals surface area contributed by atoms with Crippen LogP contribution in [0.15, 0.2) is 84.9 Å². The highest BCUT2D eigenvalue weighted by atomic mass is 16.5. The van der Waals surface area contributed by atoms with Crippen LogP contribution in [0.4, 0.5) is 5.69 Å². The lowest BCUT2D eigenvalue weighted by Gasteiger charge is -2.43. The molecular weight excluding hydrogens is 468 g/mol. The van der Waals surface area contributed by atoms with Gasteiger partial charge in [-0.3, -0.25) is 19.2 Å². The summed E-state index contributed by atoms with van der Waals surface area (Å²) in [5, 5.41) is 7.73. The van der Waals surface area contributed by atoms with Crippen molar-refractivity contribution in [1.29, 1.82) is 0 Å². The molecule has 188 valence electrons. The summed E-state index contributed by atoms with van der Waals surface area (Å²) >= 11 is 0. The Balaban J connectivity index is 1.53. The van der Waals surface area contributed by atoms with E-state index in [-0.39, 0.29) is 18.4 Å². The van der Waals surface area contributed by atoms with Crippen molar-refractivity contribution in [3.63, 3.8) is 0 Å². The lowest BCUT2D eigenvalue weighted by Crippen LogP contribution is -2.64. The van der Waals surface area contributed by atoms with E-state index >= 15 is 0 Å². The van der Waals surface area contributed by atoms with Crippen molar-refractivity contribution in [3.05, 3.63) is 96.2 Å². The molecule has 2 heterocycles. The molecule has 5 rings (SSSR count). The molecule has 0 radical (unpaired) electrons. The lowest BCUT2D eigenvalue weighted by molar-refractivity contribution is -0.126. The number of ether oxygens (including phenoxy) is 2. The summed E-state index contributed by atoms with van der Waals surface area (Å²) in [5.74, 6) is 0.820. The van der Waals surface area contributed by atoms with E-state index in [4.69, 9.17) is 14.6 Å². The number of nitrogens with zero attached hydrogens (tertiary/aromatic N) is 3. The zero-order chi connectivity index (χ0) is 26.0. The van der Waals surface area contributed by atoms with Crippen LogP contribution in [-0.4, -0.2) is 41.4 Å². The number of fused-ring (bicyclic) bond motifs is 1. The number of methoxy groups -OCH3 is 2. The quantitative estimate of drug-likeness (QED) is 0.412. The fourth-order valence-electron chi connectivity index (χ4n) is 4.59. The summed E-state index contributed by atoms with van der Waals surface area (Å²) in [4.78, 5) is 29.2. The van der Waals surface area contributed by atoms with Crippen molar-refractivity contribution < 1.29 is 19.1 Å². The van der Waals surface area contributed by atoms with Gasteiger partial charge >= 0.3 is 0 Å². The maximum atomic E-state index is 13.9. The average molecular weight is 497 g/mol. The summed E-state index contributed by atoms with van der Waals surface area (Å²) in [7, 11) is 3.20. The van der Waals surface area contributed by atoms with E-state index in [2.05, 4.69) is 5.32 Å². The first-order valence-corrected chi connectivity index (χ1v) is 12.0. The molecular formula is C29H28N4O4. The number of nitrogens with one attached hydrogen (secondary N) is 1. The molecule has 1 unspecified atom stereocenters. The predicted octanol–water partition coefficient (Wildman–Crippen LogP) is 4.30. The predicted molar refractivity (Wildman–Crippen MR) is 141 cm³/mol. The van der Waals surface area contributed by atoms with Crippen LogP contribution in [0.2, 0.25) is 0 Å². The Morgan fingerprint density at radius 1 is 0.946 bits per heavy atom. The monoisotopic (exact) mass is 496 g/mol. The number of aromatic nitrogens is 2. The molecule has 0 bridgehead atoms. The summed E-state index contributed by atoms with van der Waals surface area (Å²) < 4.78 is 12.2. The van der Waals surface area contributed by atoms with Gasteiger partial charge in [0.05, 0.1) is 26.5 Å². The van der Waals surface area contributed by atoms with Crippen LogP contribution in [0.25, 0.3) is 11.3 Å². The minimum atomic E-state index is -1.23. The van der Waals surface area contributed by atoms with Crippen molar-refractivity contribution in [2.75, 3.05) is 19.1 Å². The largest absolute Gasteiger partial charge is 0.497 e. The number of carbonyl (C=O) groups excluding carboxylic acids is 2. The Morgan fingerprint density at radius 2 is 1.57 bits per heavy atom. The molecule has 0 saturated carbocycles. The smallest absolute Gasteiger partial charge is 0.277 e. The van der Waals surface area contributed by atoms with Crippen molar-refractivity contribution in [2.45, 2.75) is 25.6 Å². The molecule has 1 aliphatic rings. The Labute approximate surface area is 215 Å². The topological polar surface area (TPSA) is 85.7 Å². The third-order valence-electron chi connectivity index (χ3n) is 6.65. The van der Waals surface area contributed by atoms with Gasteiger partial charge in [0.15, 0.2) is 0 Å². The zero-order valence-corrected chi connectivity index (χ0v) is 21.0. The Hall–Kier alpha value is -4.59. The number of anilines is 1. The van der Waals surface area contributed by atoms with Crippen LogP contribution in [0, 0.1) is 0 Å². The van der Waals surface area contributed by atoms with Crippen LogP contribution in [0.1, 0.15) is 23.0 Å². The van der Waals surface area contributed by atoms with Crippen LogP contribution < -0.4 is 19.7 Å². The van der Waals surface area contributed by atoms with Gasteiger partial charge in [0.2, 0.25) is 5.91 Å². The maximum absolute atomic E-state index is 13.9. The van der Waals surface area contributed by atoms with E-state index in [1.807, 2.05) is 54.6 Å². The fraction of sp³-hybridized carbons (Fsp3) is 0.207. The number of hydrogen-bond donors (Lipinski definition) is 1. The van der Waals surface area contributed by atoms with Crippen molar-refractivity contribution >= 4 is 17.5 Å². The highest BCUT2D eigenvalue weighted by Crippen LogP contribution is 2.35. The van der Waals surface area contributed by atoms with Gasteiger partial charge in [-0.15, -0.1) is 0 Å². The molecule has 3 aromatic carbocycles. The molecule has 8 nitrogen and oxygen atoms in total. The second-order valence-corrected chi connectivity index (χ2v) is 9.08. The van der Waals surface area contributed by atoms with E-state index in [0.29, 0.717) is 29.4 Å². The molecule has 0 saturated heterocycles. The van der Waals surface area contributed by atoms with Crippen LogP contribution >= 0.6 is 0 Å². The fourth-order valence-corrected chi connectivity index (χ4v) is 4.59. The normalized spacial score (nSPS) is 16.7. The van der Waals surface area contributed by atoms with Gasteiger partial charge in [-0.05, 0) is 67.1 Å². The Bertz CT molecular complexity index is 1410. The van der Waals surface area contributed by atoms with Crippen molar-refractivity contribution in [3.8, 4) is 22.8 Å². The van der Waals surface area contributed by atoms with Gasteiger partial charge in [-0.1, -0.05) is 30.3 Å². The molecule has 2 amide bonds. The number of hydrogen-bond acceptors (Lipinski definition) is 5. The van der Waals surface area contributed by atoms with Crippen LogP contribution in [0.3, 0.4) is 0 Å². The molecule has 0 spiro atoms. The molecule has 1 aromatic heterocycles. The number of carbonyl (C=O) groups is 2. The third kappa shape index (κ3) is 4.53. The SMILES string of the molecule is COc1ccc(-c2cc3n(n2)CC(C)(C(=O)NCc2ccccc2)N(c2ccc(OC)cc2)C3=O)cc1. The molecule has 1 N–H and O–H groups in total. The van der Waals surface area contributed by atoms with Gasteiger partial charge in [-0.2, -0.15) is 5.10 Å². The van der Waals surface area contributed by atoms with Crippen molar-refractivity contribution in [1.82, 2.24) is 15.1 Å². The number of amides is 2. The summed E-state index contributed by atoms with van der Waals surface area (Å²) in [5.41, 5.74) is 2.25. The maximum Gasteiger partial charge on any atom is 0.277 e. The Morgan fingerprint density at radius 3 is 2.19 bits per heavy atom. The number of rotatable bonds is 7. The molecule has 1 aliphatic heterocycles. The van der Waals surface area contributed by atoms with E-state index < -0.39 is 5.54 Å². The first-order chi connectivity index (χ1) is 17.9. The highest BCUT2D eigenvalue weighted by molar-refractivity contribution is 6.12. The molecule has 0 fully saturated rings. The van der Waals surface area contributed by atoms with Crippen LogP contribution in [0.5, 0.6) is 11.5 Å². The number of benzene rings is 3. The second kappa shape index (κ2) is 9.81. The summed E-state index contributed by atoms with van der Waals surface area (Å²) in [6.45, 7) is 2.31. The second-order valence-electron chi connectivity index (χ2n) is 9.08. The van der Waals surface area contributed by atoms with Gasteiger partial charge in [0.25, 0.3) is 5.91 Å². The highest BCUT2D eigenvalue weighted by Gasteiger charge is 2.48. The van der Waals surface area contributed by atoms with Gasteiger partial charge in [0.1, 0.15) is 22.7 Å². The first-order valence-electron chi connectivity index (χ1n) is 12.0. The van der Waals surface area contributed by atoms with E-state index in [1.165, 1.54) is 0 Å². The molecule has 1 atom stereocenters. The first kappa shape index (κ1) is 24.1. The summed E-state index contributed by atoms with van der Waals surface area (Å²) in [6.07, 6.45) is 0. The van der Waals surface area contributed by atoms with Gasteiger partial charge < -0.3 is 14.8 Å². The van der Waals surface area contributed by atoms with E-state index in [0.717, 1.165) is 16.9 Å². The van der Waals surface area contributed by atoms with Gasteiger partial charge in [-0.25, -0.2) is 0 Å².